The Bertz CT molecular complexity index is 835. The molecule has 3 rings (SSSR count). The molecule has 0 saturated carbocycles. The Balaban J connectivity index is 1.93. The molecule has 0 aromatic carbocycles. The molecule has 0 bridgehead atoms. The van der Waals surface area contributed by atoms with Crippen LogP contribution in [0.2, 0.25) is 0 Å². The van der Waals surface area contributed by atoms with E-state index in [-0.39, 0.29) is 18.2 Å². The van der Waals surface area contributed by atoms with Crippen molar-refractivity contribution >= 4 is 21.6 Å². The standard InChI is InChI=1S/C13H14N4O3S/c1-7-4-9-12(21-7)14-6-17(13(9)18)5-10-15-11(16-20-10)8(2)19-3/h4,6,8H,5H2,1-3H3. The molecule has 0 saturated heterocycles. The monoisotopic (exact) mass is 306 g/mol. The molecular formula is C13H14N4O3S. The fourth-order valence-electron chi connectivity index (χ4n) is 1.94. The second-order valence-electron chi connectivity index (χ2n) is 4.68. The van der Waals surface area contributed by atoms with Gasteiger partial charge >= 0.3 is 0 Å². The first-order valence-electron chi connectivity index (χ1n) is 6.39. The third-order valence-corrected chi connectivity index (χ3v) is 4.11. The molecule has 0 N–H and O–H groups in total. The second kappa shape index (κ2) is 5.38. The van der Waals surface area contributed by atoms with Gasteiger partial charge in [-0.3, -0.25) is 9.36 Å². The summed E-state index contributed by atoms with van der Waals surface area (Å²) in [6.45, 7) is 3.97. The predicted molar refractivity (Wildman–Crippen MR) is 77.4 cm³/mol. The van der Waals surface area contributed by atoms with Gasteiger partial charge in [0.1, 0.15) is 17.5 Å². The molecule has 110 valence electrons. The number of fused-ring (bicyclic) bond motifs is 1. The van der Waals surface area contributed by atoms with E-state index in [4.69, 9.17) is 9.26 Å². The third-order valence-electron chi connectivity index (χ3n) is 3.15. The SMILES string of the molecule is COC(C)c1noc(Cn2cnc3sc(C)cc3c2=O)n1. The van der Waals surface area contributed by atoms with Crippen LogP contribution in [0.4, 0.5) is 0 Å². The van der Waals surface area contributed by atoms with Crippen LogP contribution < -0.4 is 5.56 Å². The van der Waals surface area contributed by atoms with Crippen LogP contribution in [0.5, 0.6) is 0 Å². The van der Waals surface area contributed by atoms with E-state index in [1.807, 2.05) is 19.9 Å². The molecule has 21 heavy (non-hydrogen) atoms. The van der Waals surface area contributed by atoms with Gasteiger partial charge in [0.05, 0.1) is 11.7 Å². The van der Waals surface area contributed by atoms with Crippen molar-refractivity contribution in [2.45, 2.75) is 26.5 Å². The minimum absolute atomic E-state index is 0.108. The fourth-order valence-corrected chi connectivity index (χ4v) is 2.78. The van der Waals surface area contributed by atoms with E-state index >= 15 is 0 Å². The predicted octanol–water partition coefficient (Wildman–Crippen LogP) is 1.91. The van der Waals surface area contributed by atoms with Gasteiger partial charge in [-0.1, -0.05) is 5.16 Å². The summed E-state index contributed by atoms with van der Waals surface area (Å²) in [6.07, 6.45) is 1.25. The average Bonchev–Trinajstić information content (AvgIpc) is 3.07. The topological polar surface area (TPSA) is 83.0 Å². The van der Waals surface area contributed by atoms with Crippen molar-refractivity contribution in [1.29, 1.82) is 0 Å². The number of thiophene rings is 1. The highest BCUT2D eigenvalue weighted by Gasteiger charge is 2.14. The smallest absolute Gasteiger partial charge is 0.262 e. The largest absolute Gasteiger partial charge is 0.374 e. The Morgan fingerprint density at radius 3 is 3.10 bits per heavy atom. The third kappa shape index (κ3) is 2.59. The quantitative estimate of drug-likeness (QED) is 0.732. The first kappa shape index (κ1) is 13.9. The Kier molecular flexibility index (Phi) is 3.56. The van der Waals surface area contributed by atoms with Gasteiger partial charge < -0.3 is 9.26 Å². The zero-order valence-electron chi connectivity index (χ0n) is 11.9. The van der Waals surface area contributed by atoms with Crippen LogP contribution in [0.15, 0.2) is 21.7 Å². The maximum Gasteiger partial charge on any atom is 0.262 e. The van der Waals surface area contributed by atoms with Crippen LogP contribution in [0, 0.1) is 6.92 Å². The van der Waals surface area contributed by atoms with Crippen LogP contribution >= 0.6 is 11.3 Å². The summed E-state index contributed by atoms with van der Waals surface area (Å²) in [5, 5.41) is 4.45. The van der Waals surface area contributed by atoms with Crippen molar-refractivity contribution in [3.63, 3.8) is 0 Å². The number of nitrogens with zero attached hydrogens (tertiary/aromatic N) is 4. The molecule has 7 nitrogen and oxygen atoms in total. The number of aryl methyl sites for hydroxylation is 1. The summed E-state index contributed by atoms with van der Waals surface area (Å²) in [7, 11) is 1.57. The highest BCUT2D eigenvalue weighted by Crippen LogP contribution is 2.19. The molecule has 1 atom stereocenters. The highest BCUT2D eigenvalue weighted by molar-refractivity contribution is 7.18. The number of ether oxygens (including phenoxy) is 1. The van der Waals surface area contributed by atoms with Crippen LogP contribution in [0.25, 0.3) is 10.2 Å². The average molecular weight is 306 g/mol. The van der Waals surface area contributed by atoms with E-state index in [0.29, 0.717) is 17.1 Å². The Morgan fingerprint density at radius 1 is 1.52 bits per heavy atom. The zero-order valence-corrected chi connectivity index (χ0v) is 12.7. The lowest BCUT2D eigenvalue weighted by Gasteiger charge is -2.02. The van der Waals surface area contributed by atoms with E-state index < -0.39 is 0 Å². The molecule has 0 aliphatic rings. The van der Waals surface area contributed by atoms with Crippen molar-refractivity contribution < 1.29 is 9.26 Å². The molecule has 3 aromatic rings. The van der Waals surface area contributed by atoms with Gasteiger partial charge in [-0.2, -0.15) is 4.98 Å². The minimum atomic E-state index is -0.251. The van der Waals surface area contributed by atoms with Gasteiger partial charge in [-0.15, -0.1) is 11.3 Å². The second-order valence-corrected chi connectivity index (χ2v) is 5.91. The lowest BCUT2D eigenvalue weighted by atomic mass is 10.3. The maximum atomic E-state index is 12.4. The van der Waals surface area contributed by atoms with E-state index in [9.17, 15) is 4.79 Å². The van der Waals surface area contributed by atoms with Crippen LogP contribution in [0.3, 0.4) is 0 Å². The summed E-state index contributed by atoms with van der Waals surface area (Å²) >= 11 is 1.50. The Labute approximate surface area is 124 Å². The van der Waals surface area contributed by atoms with Gasteiger partial charge in [0.25, 0.3) is 5.56 Å². The van der Waals surface area contributed by atoms with Crippen LogP contribution in [0.1, 0.15) is 29.6 Å². The molecular weight excluding hydrogens is 292 g/mol. The van der Waals surface area contributed by atoms with Crippen molar-refractivity contribution in [2.75, 3.05) is 7.11 Å². The zero-order chi connectivity index (χ0) is 15.0. The number of hydrogen-bond acceptors (Lipinski definition) is 7. The minimum Gasteiger partial charge on any atom is -0.374 e. The molecule has 0 spiro atoms. The lowest BCUT2D eigenvalue weighted by molar-refractivity contribution is 0.109. The summed E-state index contributed by atoms with van der Waals surface area (Å²) in [4.78, 5) is 22.7. The Morgan fingerprint density at radius 2 is 2.33 bits per heavy atom. The Hall–Kier alpha value is -2.06. The number of methoxy groups -OCH3 is 1. The van der Waals surface area contributed by atoms with Crippen molar-refractivity contribution in [3.8, 4) is 0 Å². The molecule has 0 aliphatic carbocycles. The number of rotatable bonds is 4. The van der Waals surface area contributed by atoms with Crippen molar-refractivity contribution in [3.05, 3.63) is 39.3 Å². The molecule has 3 aromatic heterocycles. The van der Waals surface area contributed by atoms with Crippen LogP contribution in [-0.4, -0.2) is 26.8 Å². The molecule has 0 aliphatic heterocycles. The molecule has 1 unspecified atom stereocenters. The fraction of sp³-hybridized carbons (Fsp3) is 0.385. The van der Waals surface area contributed by atoms with E-state index in [0.717, 1.165) is 9.71 Å². The molecule has 0 amide bonds. The highest BCUT2D eigenvalue weighted by atomic mass is 32.1. The maximum absolute atomic E-state index is 12.4. The number of hydrogen-bond donors (Lipinski definition) is 0. The van der Waals surface area contributed by atoms with Crippen LogP contribution in [-0.2, 0) is 11.3 Å². The van der Waals surface area contributed by atoms with Gasteiger partial charge in [-0.25, -0.2) is 4.98 Å². The summed E-state index contributed by atoms with van der Waals surface area (Å²) in [6, 6.07) is 1.85. The van der Waals surface area contributed by atoms with Gasteiger partial charge in [0, 0.05) is 12.0 Å². The van der Waals surface area contributed by atoms with Gasteiger partial charge in [0.15, 0.2) is 5.82 Å². The van der Waals surface area contributed by atoms with E-state index in [1.165, 1.54) is 22.2 Å². The first-order valence-corrected chi connectivity index (χ1v) is 7.21. The first-order chi connectivity index (χ1) is 10.1. The molecule has 3 heterocycles. The molecule has 8 heteroatoms. The van der Waals surface area contributed by atoms with Gasteiger partial charge in [0.2, 0.25) is 5.89 Å². The number of aromatic nitrogens is 4. The molecule has 0 fully saturated rings. The summed E-state index contributed by atoms with van der Waals surface area (Å²) in [5.74, 6) is 0.810. The van der Waals surface area contributed by atoms with E-state index in [2.05, 4.69) is 15.1 Å². The summed E-state index contributed by atoms with van der Waals surface area (Å²) in [5.41, 5.74) is -0.108. The van der Waals surface area contributed by atoms with Gasteiger partial charge in [-0.05, 0) is 19.9 Å². The van der Waals surface area contributed by atoms with E-state index in [1.54, 1.807) is 7.11 Å². The normalized spacial score (nSPS) is 12.9. The summed E-state index contributed by atoms with van der Waals surface area (Å²) < 4.78 is 11.7. The van der Waals surface area contributed by atoms with Crippen molar-refractivity contribution in [1.82, 2.24) is 19.7 Å². The van der Waals surface area contributed by atoms with Crippen molar-refractivity contribution in [2.24, 2.45) is 0 Å². The lowest BCUT2D eigenvalue weighted by Crippen LogP contribution is -2.20. The molecule has 0 radical (unpaired) electrons.